The monoisotopic (exact) mass is 280 g/mol. The van der Waals surface area contributed by atoms with Gasteiger partial charge in [0.05, 0.1) is 25.4 Å². The third-order valence-corrected chi connectivity index (χ3v) is 3.39. The number of methoxy groups -OCH3 is 2. The van der Waals surface area contributed by atoms with Crippen LogP contribution >= 0.6 is 0 Å². The van der Waals surface area contributed by atoms with Crippen molar-refractivity contribution in [2.24, 2.45) is 11.8 Å². The minimum absolute atomic E-state index is 0.383. The van der Waals surface area contributed by atoms with Crippen LogP contribution in [0.5, 0.6) is 11.5 Å². The van der Waals surface area contributed by atoms with Gasteiger partial charge in [-0.15, -0.1) is 0 Å². The van der Waals surface area contributed by atoms with Gasteiger partial charge in [0, 0.05) is 0 Å². The van der Waals surface area contributed by atoms with Crippen LogP contribution in [0.3, 0.4) is 0 Å². The molecule has 0 heterocycles. The van der Waals surface area contributed by atoms with E-state index in [-0.39, 0.29) is 0 Å². The predicted molar refractivity (Wildman–Crippen MR) is 82.4 cm³/mol. The molecule has 20 heavy (non-hydrogen) atoms. The van der Waals surface area contributed by atoms with E-state index in [0.29, 0.717) is 36.2 Å². The van der Waals surface area contributed by atoms with Gasteiger partial charge >= 0.3 is 0 Å². The summed E-state index contributed by atoms with van der Waals surface area (Å²) in [6.45, 7) is 8.47. The Labute approximate surface area is 122 Å². The molecule has 0 bridgehead atoms. The minimum Gasteiger partial charge on any atom is -0.496 e. The lowest BCUT2D eigenvalue weighted by molar-refractivity contribution is -0.00832. The molecule has 1 aromatic rings. The van der Waals surface area contributed by atoms with Crippen LogP contribution in [0, 0.1) is 11.8 Å². The first-order chi connectivity index (χ1) is 9.34. The van der Waals surface area contributed by atoms with Crippen molar-refractivity contribution >= 4 is 0 Å². The van der Waals surface area contributed by atoms with E-state index >= 15 is 0 Å². The van der Waals surface area contributed by atoms with Crippen LogP contribution in [0.1, 0.15) is 46.1 Å². The maximum absolute atomic E-state index is 11.3. The average molecular weight is 280 g/mol. The maximum Gasteiger partial charge on any atom is 0.128 e. The predicted octanol–water partition coefficient (Wildman–Crippen LogP) is 3.98. The van der Waals surface area contributed by atoms with Crippen molar-refractivity contribution in [3.8, 4) is 11.5 Å². The highest BCUT2D eigenvalue weighted by molar-refractivity contribution is 5.48. The zero-order valence-corrected chi connectivity index (χ0v) is 13.6. The van der Waals surface area contributed by atoms with Gasteiger partial charge in [-0.2, -0.15) is 0 Å². The van der Waals surface area contributed by atoms with Crippen molar-refractivity contribution in [2.45, 2.75) is 46.1 Å². The van der Waals surface area contributed by atoms with E-state index in [2.05, 4.69) is 27.7 Å². The Morgan fingerprint density at radius 2 is 1.35 bits per heavy atom. The van der Waals surface area contributed by atoms with Gasteiger partial charge in [-0.25, -0.2) is 0 Å². The quantitative estimate of drug-likeness (QED) is 0.821. The second-order valence-corrected chi connectivity index (χ2v) is 6.27. The van der Waals surface area contributed by atoms with Gasteiger partial charge in [0.25, 0.3) is 0 Å². The van der Waals surface area contributed by atoms with E-state index in [4.69, 9.17) is 9.47 Å². The lowest BCUT2D eigenvalue weighted by Crippen LogP contribution is -2.30. The first kappa shape index (κ1) is 16.8. The molecule has 0 aliphatic carbocycles. The summed E-state index contributed by atoms with van der Waals surface area (Å²) >= 11 is 0. The van der Waals surface area contributed by atoms with Crippen LogP contribution in [0.25, 0.3) is 0 Å². The van der Waals surface area contributed by atoms with Gasteiger partial charge in [0.1, 0.15) is 11.5 Å². The van der Waals surface area contributed by atoms with E-state index in [1.54, 1.807) is 14.2 Å². The Bertz CT molecular complexity index is 392. The van der Waals surface area contributed by atoms with Crippen molar-refractivity contribution in [1.82, 2.24) is 0 Å². The number of rotatable bonds is 7. The largest absolute Gasteiger partial charge is 0.496 e. The van der Waals surface area contributed by atoms with Gasteiger partial charge in [-0.1, -0.05) is 33.8 Å². The normalized spacial score (nSPS) is 12.1. The lowest BCUT2D eigenvalue weighted by Gasteiger charge is -2.34. The van der Waals surface area contributed by atoms with Crippen LogP contribution in [0.4, 0.5) is 0 Å². The van der Waals surface area contributed by atoms with Crippen molar-refractivity contribution < 1.29 is 14.6 Å². The van der Waals surface area contributed by atoms with Gasteiger partial charge in [0.15, 0.2) is 0 Å². The Balaban J connectivity index is 3.38. The summed E-state index contributed by atoms with van der Waals surface area (Å²) in [6, 6.07) is 5.64. The number of aliphatic hydroxyl groups is 1. The summed E-state index contributed by atoms with van der Waals surface area (Å²) in [6.07, 6.45) is 1.36. The topological polar surface area (TPSA) is 38.7 Å². The fourth-order valence-electron chi connectivity index (χ4n) is 2.95. The highest BCUT2D eigenvalue weighted by atomic mass is 16.5. The molecule has 0 aromatic heterocycles. The highest BCUT2D eigenvalue weighted by Gasteiger charge is 2.36. The molecule has 114 valence electrons. The summed E-state index contributed by atoms with van der Waals surface area (Å²) in [7, 11) is 3.26. The molecule has 0 spiro atoms. The van der Waals surface area contributed by atoms with Crippen LogP contribution in [0.15, 0.2) is 18.2 Å². The summed E-state index contributed by atoms with van der Waals surface area (Å²) in [5, 5.41) is 11.3. The minimum atomic E-state index is -0.930. The van der Waals surface area contributed by atoms with Gasteiger partial charge in [0.2, 0.25) is 0 Å². The smallest absolute Gasteiger partial charge is 0.128 e. The van der Waals surface area contributed by atoms with Crippen molar-refractivity contribution in [1.29, 1.82) is 0 Å². The highest BCUT2D eigenvalue weighted by Crippen LogP contribution is 2.44. The molecule has 1 aromatic carbocycles. The average Bonchev–Trinajstić information content (AvgIpc) is 2.35. The Morgan fingerprint density at radius 3 is 1.65 bits per heavy atom. The Kier molecular flexibility index (Phi) is 5.88. The molecule has 0 atom stereocenters. The van der Waals surface area contributed by atoms with E-state index in [0.717, 1.165) is 5.56 Å². The first-order valence-corrected chi connectivity index (χ1v) is 7.28. The fourth-order valence-corrected chi connectivity index (χ4v) is 2.95. The summed E-state index contributed by atoms with van der Waals surface area (Å²) in [5.41, 5.74) is -0.160. The molecule has 3 nitrogen and oxygen atoms in total. The van der Waals surface area contributed by atoms with Crippen molar-refractivity contribution in [2.75, 3.05) is 14.2 Å². The molecular weight excluding hydrogens is 252 g/mol. The van der Waals surface area contributed by atoms with Crippen LogP contribution in [-0.4, -0.2) is 19.3 Å². The summed E-state index contributed by atoms with van der Waals surface area (Å²) in [4.78, 5) is 0. The Hall–Kier alpha value is -1.22. The summed E-state index contributed by atoms with van der Waals surface area (Å²) in [5.74, 6) is 2.14. The van der Waals surface area contributed by atoms with Gasteiger partial charge in [-0.3, -0.25) is 0 Å². The second kappa shape index (κ2) is 6.98. The number of hydrogen-bond donors (Lipinski definition) is 1. The molecule has 0 saturated heterocycles. The third kappa shape index (κ3) is 3.89. The molecule has 1 rings (SSSR count). The first-order valence-electron chi connectivity index (χ1n) is 7.28. The van der Waals surface area contributed by atoms with Gasteiger partial charge < -0.3 is 14.6 Å². The molecule has 0 amide bonds. The summed E-state index contributed by atoms with van der Waals surface area (Å²) < 4.78 is 10.9. The molecule has 0 aliphatic heterocycles. The molecule has 0 unspecified atom stereocenters. The van der Waals surface area contributed by atoms with Crippen LogP contribution in [0.2, 0.25) is 0 Å². The van der Waals surface area contributed by atoms with E-state index < -0.39 is 5.60 Å². The molecule has 1 N–H and O–H groups in total. The van der Waals surface area contributed by atoms with E-state index in [1.807, 2.05) is 18.2 Å². The number of ether oxygens (including phenoxy) is 2. The van der Waals surface area contributed by atoms with E-state index in [1.165, 1.54) is 0 Å². The second-order valence-electron chi connectivity index (χ2n) is 6.27. The number of hydrogen-bond acceptors (Lipinski definition) is 3. The van der Waals surface area contributed by atoms with Crippen LogP contribution in [-0.2, 0) is 5.60 Å². The molecule has 0 aliphatic rings. The van der Waals surface area contributed by atoms with Crippen molar-refractivity contribution in [3.63, 3.8) is 0 Å². The van der Waals surface area contributed by atoms with Gasteiger partial charge in [-0.05, 0) is 36.8 Å². The maximum atomic E-state index is 11.3. The van der Waals surface area contributed by atoms with Crippen LogP contribution < -0.4 is 9.47 Å². The molecule has 0 fully saturated rings. The standard InChI is InChI=1S/C17H28O3/c1-12(2)10-17(18,11-13(3)4)16-14(19-5)8-7-9-15(16)20-6/h7-9,12-13,18H,10-11H2,1-6H3. The third-order valence-electron chi connectivity index (χ3n) is 3.39. The van der Waals surface area contributed by atoms with Crippen molar-refractivity contribution in [3.05, 3.63) is 23.8 Å². The number of benzene rings is 1. The zero-order chi connectivity index (χ0) is 15.3. The zero-order valence-electron chi connectivity index (χ0n) is 13.6. The fraction of sp³-hybridized carbons (Fsp3) is 0.647. The molecule has 3 heteroatoms. The molecule has 0 saturated carbocycles. The lowest BCUT2D eigenvalue weighted by atomic mass is 9.79. The Morgan fingerprint density at radius 1 is 0.950 bits per heavy atom. The SMILES string of the molecule is COc1cccc(OC)c1C(O)(CC(C)C)CC(C)C. The van der Waals surface area contributed by atoms with E-state index in [9.17, 15) is 5.11 Å². The molecular formula is C17H28O3. The molecule has 0 radical (unpaired) electrons.